The van der Waals surface area contributed by atoms with E-state index in [4.69, 9.17) is 0 Å². The Hall–Kier alpha value is -0.690. The van der Waals surface area contributed by atoms with E-state index in [0.717, 1.165) is 32.7 Å². The van der Waals surface area contributed by atoms with E-state index in [9.17, 15) is 0 Å². The summed E-state index contributed by atoms with van der Waals surface area (Å²) < 4.78 is 0. The van der Waals surface area contributed by atoms with Gasteiger partial charge in [0.15, 0.2) is 0 Å². The van der Waals surface area contributed by atoms with Crippen LogP contribution in [-0.2, 0) is 0 Å². The van der Waals surface area contributed by atoms with Crippen molar-refractivity contribution < 1.29 is 0 Å². The molecule has 2 unspecified atom stereocenters. The highest BCUT2D eigenvalue weighted by Crippen LogP contribution is 2.15. The van der Waals surface area contributed by atoms with Crippen LogP contribution in [0.15, 0.2) is 50.6 Å². The fraction of sp³-hybridized carbons (Fsp3) is 0.529. The maximum atomic E-state index is 3.82. The van der Waals surface area contributed by atoms with Crippen LogP contribution in [0.4, 0.5) is 0 Å². The number of hydrogen-bond donors (Lipinski definition) is 0. The molecule has 0 spiro atoms. The number of rotatable bonds is 14. The van der Waals surface area contributed by atoms with Crippen LogP contribution in [0.1, 0.15) is 19.3 Å². The van der Waals surface area contributed by atoms with Crippen LogP contribution >= 0.6 is 9.24 Å². The van der Waals surface area contributed by atoms with Crippen molar-refractivity contribution in [2.24, 2.45) is 0 Å². The maximum Gasteiger partial charge on any atom is 0.0246 e. The summed E-state index contributed by atoms with van der Waals surface area (Å²) >= 11 is 0. The highest BCUT2D eigenvalue weighted by atomic mass is 31.0. The SMILES string of the molecule is C=CCN(CC=C)CCCCC(P)N(CC=C)CC=C. The summed E-state index contributed by atoms with van der Waals surface area (Å²) in [7, 11) is 2.94. The van der Waals surface area contributed by atoms with E-state index >= 15 is 0 Å². The Morgan fingerprint density at radius 1 is 0.800 bits per heavy atom. The second-order valence-electron chi connectivity index (χ2n) is 4.93. The largest absolute Gasteiger partial charge is 0.296 e. The standard InChI is InChI=1S/C17H31N2P/c1-5-12-18(13-6-2)16-10-9-11-17(20)19(14-7-3)15-8-4/h5-8,17H,1-4,9-16,20H2. The molecule has 0 amide bonds. The third-order valence-electron chi connectivity index (χ3n) is 3.20. The highest BCUT2D eigenvalue weighted by Gasteiger charge is 2.10. The van der Waals surface area contributed by atoms with Crippen molar-refractivity contribution in [3.8, 4) is 0 Å². The zero-order valence-corrected chi connectivity index (χ0v) is 14.0. The van der Waals surface area contributed by atoms with Gasteiger partial charge in [-0.2, -0.15) is 0 Å². The molecule has 2 nitrogen and oxygen atoms in total. The first-order chi connectivity index (χ1) is 9.69. The molecule has 0 aliphatic carbocycles. The van der Waals surface area contributed by atoms with Crippen molar-refractivity contribution >= 4 is 9.24 Å². The van der Waals surface area contributed by atoms with Crippen LogP contribution in [0, 0.1) is 0 Å². The molecular weight excluding hydrogens is 263 g/mol. The predicted octanol–water partition coefficient (Wildman–Crippen LogP) is 3.71. The molecule has 0 saturated heterocycles. The Morgan fingerprint density at radius 2 is 1.30 bits per heavy atom. The molecule has 0 rings (SSSR count). The van der Waals surface area contributed by atoms with Crippen LogP contribution in [0.5, 0.6) is 0 Å². The molecule has 0 saturated carbocycles. The third-order valence-corrected chi connectivity index (χ3v) is 3.95. The van der Waals surface area contributed by atoms with Gasteiger partial charge in [-0.15, -0.1) is 35.6 Å². The molecule has 20 heavy (non-hydrogen) atoms. The molecule has 0 N–H and O–H groups in total. The number of unbranched alkanes of at least 4 members (excludes halogenated alkanes) is 1. The minimum atomic E-state index is 0.498. The molecule has 0 aromatic rings. The first-order valence-electron chi connectivity index (χ1n) is 7.35. The molecule has 0 radical (unpaired) electrons. The van der Waals surface area contributed by atoms with Crippen molar-refractivity contribution in [2.45, 2.75) is 25.0 Å². The fourth-order valence-electron chi connectivity index (χ4n) is 2.17. The van der Waals surface area contributed by atoms with Gasteiger partial charge in [0, 0.05) is 32.0 Å². The Kier molecular flexibility index (Phi) is 12.8. The Morgan fingerprint density at radius 3 is 1.75 bits per heavy atom. The number of hydrogen-bond acceptors (Lipinski definition) is 2. The topological polar surface area (TPSA) is 6.48 Å². The van der Waals surface area contributed by atoms with Crippen LogP contribution < -0.4 is 0 Å². The molecule has 0 fully saturated rings. The molecule has 0 aliphatic heterocycles. The van der Waals surface area contributed by atoms with Crippen molar-refractivity contribution in [3.63, 3.8) is 0 Å². The minimum absolute atomic E-state index is 0.498. The van der Waals surface area contributed by atoms with Crippen molar-refractivity contribution in [3.05, 3.63) is 50.6 Å². The van der Waals surface area contributed by atoms with Gasteiger partial charge >= 0.3 is 0 Å². The summed E-state index contributed by atoms with van der Waals surface area (Å²) in [5, 5.41) is 0. The number of nitrogens with zero attached hydrogens (tertiary/aromatic N) is 2. The molecule has 0 bridgehead atoms. The van der Waals surface area contributed by atoms with Gasteiger partial charge in [0.05, 0.1) is 0 Å². The summed E-state index contributed by atoms with van der Waals surface area (Å²) in [6.45, 7) is 20.0. The van der Waals surface area contributed by atoms with Gasteiger partial charge in [-0.3, -0.25) is 9.80 Å². The van der Waals surface area contributed by atoms with E-state index in [1.54, 1.807) is 0 Å². The fourth-order valence-corrected chi connectivity index (χ4v) is 2.65. The molecule has 0 aliphatic rings. The van der Waals surface area contributed by atoms with E-state index in [1.165, 1.54) is 19.3 Å². The van der Waals surface area contributed by atoms with E-state index < -0.39 is 0 Å². The van der Waals surface area contributed by atoms with Gasteiger partial charge < -0.3 is 0 Å². The average molecular weight is 294 g/mol. The molecule has 114 valence electrons. The van der Waals surface area contributed by atoms with E-state index in [2.05, 4.69) is 45.4 Å². The smallest absolute Gasteiger partial charge is 0.0246 e. The zero-order chi connectivity index (χ0) is 15.2. The van der Waals surface area contributed by atoms with Gasteiger partial charge in [0.2, 0.25) is 0 Å². The van der Waals surface area contributed by atoms with E-state index in [1.807, 2.05) is 24.3 Å². The monoisotopic (exact) mass is 294 g/mol. The molecule has 0 aromatic heterocycles. The average Bonchev–Trinajstić information content (AvgIpc) is 2.43. The molecule has 0 heterocycles. The summed E-state index contributed by atoms with van der Waals surface area (Å²) in [6, 6.07) is 0. The van der Waals surface area contributed by atoms with Crippen LogP contribution in [-0.4, -0.2) is 48.3 Å². The van der Waals surface area contributed by atoms with Crippen molar-refractivity contribution in [1.82, 2.24) is 9.80 Å². The lowest BCUT2D eigenvalue weighted by atomic mass is 10.2. The van der Waals surface area contributed by atoms with Gasteiger partial charge in [-0.1, -0.05) is 30.7 Å². The normalized spacial score (nSPS) is 12.3. The second-order valence-corrected chi connectivity index (χ2v) is 5.70. The van der Waals surface area contributed by atoms with Gasteiger partial charge in [0.1, 0.15) is 0 Å². The van der Waals surface area contributed by atoms with Gasteiger partial charge in [-0.05, 0) is 19.4 Å². The third kappa shape index (κ3) is 9.25. The molecule has 2 atom stereocenters. The summed E-state index contributed by atoms with van der Waals surface area (Å²) in [4.78, 5) is 4.74. The van der Waals surface area contributed by atoms with Crippen molar-refractivity contribution in [1.29, 1.82) is 0 Å². The summed E-state index contributed by atoms with van der Waals surface area (Å²) in [5.41, 5.74) is 0. The van der Waals surface area contributed by atoms with Crippen LogP contribution in [0.25, 0.3) is 0 Å². The second kappa shape index (κ2) is 13.3. The Bertz CT molecular complexity index is 269. The van der Waals surface area contributed by atoms with Gasteiger partial charge in [0.25, 0.3) is 0 Å². The van der Waals surface area contributed by atoms with Crippen LogP contribution in [0.3, 0.4) is 0 Å². The Balaban J connectivity index is 3.94. The first kappa shape index (κ1) is 19.3. The predicted molar refractivity (Wildman–Crippen MR) is 96.2 cm³/mol. The highest BCUT2D eigenvalue weighted by molar-refractivity contribution is 7.17. The van der Waals surface area contributed by atoms with E-state index in [0.29, 0.717) is 5.78 Å². The lowest BCUT2D eigenvalue weighted by molar-refractivity contribution is 0.284. The van der Waals surface area contributed by atoms with Crippen LogP contribution in [0.2, 0.25) is 0 Å². The minimum Gasteiger partial charge on any atom is -0.296 e. The molecule has 3 heteroatoms. The van der Waals surface area contributed by atoms with Gasteiger partial charge in [-0.25, -0.2) is 0 Å². The molecule has 0 aromatic carbocycles. The molecular formula is C17H31N2P. The Labute approximate surface area is 128 Å². The van der Waals surface area contributed by atoms with E-state index in [-0.39, 0.29) is 0 Å². The summed E-state index contributed by atoms with van der Waals surface area (Å²) in [5.74, 6) is 0.498. The lowest BCUT2D eigenvalue weighted by Gasteiger charge is -2.27. The maximum absolute atomic E-state index is 3.82. The summed E-state index contributed by atoms with van der Waals surface area (Å²) in [6.07, 6.45) is 11.4. The zero-order valence-electron chi connectivity index (χ0n) is 12.8. The lowest BCUT2D eigenvalue weighted by Crippen LogP contribution is -2.31. The van der Waals surface area contributed by atoms with Crippen molar-refractivity contribution in [2.75, 3.05) is 32.7 Å². The quantitative estimate of drug-likeness (QED) is 0.274. The first-order valence-corrected chi connectivity index (χ1v) is 8.01.